The highest BCUT2D eigenvalue weighted by atomic mass is 32.2. The molecule has 0 spiro atoms. The molecular weight excluding hydrogens is 356 g/mol. The minimum absolute atomic E-state index is 0.0446. The number of benzene rings is 1. The highest BCUT2D eigenvalue weighted by Gasteiger charge is 2.31. The second-order valence-electron chi connectivity index (χ2n) is 6.34. The Morgan fingerprint density at radius 3 is 2.33 bits per heavy atom. The molecule has 1 fully saturated rings. The third-order valence-electron chi connectivity index (χ3n) is 4.19. The summed E-state index contributed by atoms with van der Waals surface area (Å²) < 4.78 is 14.8. The van der Waals surface area contributed by atoms with Gasteiger partial charge in [-0.15, -0.1) is 12.3 Å². The van der Waals surface area contributed by atoms with Gasteiger partial charge in [0.1, 0.15) is 11.0 Å². The lowest BCUT2D eigenvalue weighted by Gasteiger charge is -2.38. The Labute approximate surface area is 166 Å². The lowest BCUT2D eigenvalue weighted by atomic mass is 10.1. The molecule has 27 heavy (non-hydrogen) atoms. The zero-order valence-corrected chi connectivity index (χ0v) is 17.8. The van der Waals surface area contributed by atoms with Crippen molar-refractivity contribution in [1.82, 2.24) is 9.21 Å². The van der Waals surface area contributed by atoms with E-state index in [1.54, 1.807) is 6.92 Å². The predicted octanol–water partition coefficient (Wildman–Crippen LogP) is 3.71. The summed E-state index contributed by atoms with van der Waals surface area (Å²) in [4.78, 5) is 15.2. The molecule has 0 bridgehead atoms. The molecule has 0 saturated carbocycles. The maximum atomic E-state index is 12.8. The molecule has 0 aliphatic carbocycles. The maximum Gasteiger partial charge on any atom is 0.253 e. The van der Waals surface area contributed by atoms with Gasteiger partial charge in [0.2, 0.25) is 0 Å². The molecule has 0 N–H and O–H groups in total. The number of carbonyl (C=O) groups excluding carboxylic acids is 1. The number of amides is 1. The Kier molecular flexibility index (Phi) is 9.77. The summed E-state index contributed by atoms with van der Waals surface area (Å²) in [7, 11) is -1.19. The topological polar surface area (TPSA) is 40.6 Å². The molecule has 2 atom stereocenters. The van der Waals surface area contributed by atoms with Gasteiger partial charge in [0.25, 0.3) is 5.91 Å². The van der Waals surface area contributed by atoms with Gasteiger partial charge in [0.15, 0.2) is 0 Å². The SMILES string of the molecule is C#CC.C/C=C\C(=C/C)C(=O)N1CCN(S(=O)c2ccc(C)cc2)C(C)C1. The Bertz CT molecular complexity index is 745. The third-order valence-corrected chi connectivity index (χ3v) is 5.84. The van der Waals surface area contributed by atoms with E-state index in [0.29, 0.717) is 25.2 Å². The van der Waals surface area contributed by atoms with Crippen molar-refractivity contribution < 1.29 is 9.00 Å². The molecule has 5 heteroatoms. The average Bonchev–Trinajstić information content (AvgIpc) is 2.66. The Morgan fingerprint density at radius 2 is 1.85 bits per heavy atom. The van der Waals surface area contributed by atoms with Crippen LogP contribution in [0.25, 0.3) is 0 Å². The zero-order chi connectivity index (χ0) is 20.4. The van der Waals surface area contributed by atoms with Gasteiger partial charge >= 0.3 is 0 Å². The normalized spacial score (nSPS) is 19.2. The van der Waals surface area contributed by atoms with Crippen molar-refractivity contribution in [3.05, 3.63) is 53.6 Å². The summed E-state index contributed by atoms with van der Waals surface area (Å²) in [5.41, 5.74) is 1.86. The minimum atomic E-state index is -1.19. The van der Waals surface area contributed by atoms with Crippen LogP contribution in [0, 0.1) is 19.3 Å². The van der Waals surface area contributed by atoms with Crippen molar-refractivity contribution in [3.63, 3.8) is 0 Å². The van der Waals surface area contributed by atoms with Crippen LogP contribution in [0.3, 0.4) is 0 Å². The number of hydrogen-bond donors (Lipinski definition) is 0. The first-order valence-corrected chi connectivity index (χ1v) is 10.2. The lowest BCUT2D eigenvalue weighted by Crippen LogP contribution is -2.54. The fraction of sp³-hybridized carbons (Fsp3) is 0.409. The van der Waals surface area contributed by atoms with E-state index in [-0.39, 0.29) is 11.9 Å². The van der Waals surface area contributed by atoms with Crippen LogP contribution in [0.15, 0.2) is 53.0 Å². The second-order valence-corrected chi connectivity index (χ2v) is 7.77. The quantitative estimate of drug-likeness (QED) is 0.450. The molecule has 0 aromatic heterocycles. The highest BCUT2D eigenvalue weighted by molar-refractivity contribution is 7.82. The number of terminal acetylenes is 1. The van der Waals surface area contributed by atoms with E-state index in [0.717, 1.165) is 10.5 Å². The number of rotatable bonds is 4. The van der Waals surface area contributed by atoms with Gasteiger partial charge in [0, 0.05) is 31.2 Å². The number of allylic oxidation sites excluding steroid dienone is 2. The molecular formula is C22H30N2O2S. The van der Waals surface area contributed by atoms with E-state index in [1.165, 1.54) is 0 Å². The second kappa shape index (κ2) is 11.5. The van der Waals surface area contributed by atoms with Crippen LogP contribution in [-0.2, 0) is 15.8 Å². The Balaban J connectivity index is 0.00000114. The first-order valence-electron chi connectivity index (χ1n) is 9.10. The number of piperazine rings is 1. The van der Waals surface area contributed by atoms with Gasteiger partial charge in [-0.1, -0.05) is 35.9 Å². The van der Waals surface area contributed by atoms with Gasteiger partial charge in [-0.3, -0.25) is 4.79 Å². The Hall–Kier alpha value is -2.16. The minimum Gasteiger partial charge on any atom is -0.336 e. The van der Waals surface area contributed by atoms with E-state index >= 15 is 0 Å². The molecule has 4 nitrogen and oxygen atoms in total. The molecule has 1 aromatic carbocycles. The molecule has 1 amide bonds. The molecule has 146 valence electrons. The summed E-state index contributed by atoms with van der Waals surface area (Å²) in [6, 6.07) is 7.84. The standard InChI is InChI=1S/C19H26N2O2S.C3H4/c1-5-7-17(6-2)19(22)20-12-13-21(16(4)14-20)24(23)18-10-8-15(3)9-11-18;1-3-2/h5-11,16H,12-14H2,1-4H3;1H,2H3/b7-5-,17-6+;. The monoisotopic (exact) mass is 386 g/mol. The average molecular weight is 387 g/mol. The van der Waals surface area contributed by atoms with E-state index < -0.39 is 11.0 Å². The van der Waals surface area contributed by atoms with Gasteiger partial charge in [-0.05, 0) is 46.8 Å². The molecule has 2 unspecified atom stereocenters. The summed E-state index contributed by atoms with van der Waals surface area (Å²) in [6.07, 6.45) is 10.1. The lowest BCUT2D eigenvalue weighted by molar-refractivity contribution is -0.128. The molecule has 1 saturated heterocycles. The van der Waals surface area contributed by atoms with Crippen molar-refractivity contribution in [1.29, 1.82) is 0 Å². The molecule has 1 aliphatic rings. The summed E-state index contributed by atoms with van der Waals surface area (Å²) >= 11 is 0. The van der Waals surface area contributed by atoms with Crippen molar-refractivity contribution in [2.24, 2.45) is 0 Å². The largest absolute Gasteiger partial charge is 0.336 e. The number of hydrogen-bond acceptors (Lipinski definition) is 2. The van der Waals surface area contributed by atoms with Crippen LogP contribution >= 0.6 is 0 Å². The first kappa shape index (κ1) is 22.9. The molecule has 1 heterocycles. The van der Waals surface area contributed by atoms with Crippen LogP contribution in [0.5, 0.6) is 0 Å². The fourth-order valence-corrected chi connectivity index (χ4v) is 4.10. The van der Waals surface area contributed by atoms with Gasteiger partial charge in [-0.2, -0.15) is 0 Å². The van der Waals surface area contributed by atoms with Crippen molar-refractivity contribution >= 4 is 16.9 Å². The van der Waals surface area contributed by atoms with E-state index in [1.807, 2.05) is 79.4 Å². The van der Waals surface area contributed by atoms with E-state index in [9.17, 15) is 9.00 Å². The smallest absolute Gasteiger partial charge is 0.253 e. The number of aryl methyl sites for hydroxylation is 1. The van der Waals surface area contributed by atoms with Crippen molar-refractivity contribution in [2.45, 2.75) is 45.6 Å². The van der Waals surface area contributed by atoms with Gasteiger partial charge in [-0.25, -0.2) is 8.51 Å². The highest BCUT2D eigenvalue weighted by Crippen LogP contribution is 2.19. The number of carbonyl (C=O) groups is 1. The summed E-state index contributed by atoms with van der Waals surface area (Å²) in [6.45, 7) is 11.3. The van der Waals surface area contributed by atoms with E-state index in [2.05, 4.69) is 12.3 Å². The van der Waals surface area contributed by atoms with Crippen LogP contribution < -0.4 is 0 Å². The Morgan fingerprint density at radius 1 is 1.26 bits per heavy atom. The molecule has 1 aromatic rings. The summed E-state index contributed by atoms with van der Waals surface area (Å²) in [5, 5.41) is 0. The fourth-order valence-electron chi connectivity index (χ4n) is 2.81. The molecule has 0 radical (unpaired) electrons. The van der Waals surface area contributed by atoms with E-state index in [4.69, 9.17) is 0 Å². The van der Waals surface area contributed by atoms with Crippen molar-refractivity contribution in [2.75, 3.05) is 19.6 Å². The third kappa shape index (κ3) is 6.50. The van der Waals surface area contributed by atoms with Crippen LogP contribution in [0.4, 0.5) is 0 Å². The number of nitrogens with zero attached hydrogens (tertiary/aromatic N) is 2. The molecule has 1 aliphatic heterocycles. The maximum absolute atomic E-state index is 12.8. The van der Waals surface area contributed by atoms with Gasteiger partial charge < -0.3 is 4.90 Å². The van der Waals surface area contributed by atoms with Crippen LogP contribution in [-0.4, -0.2) is 45.0 Å². The van der Waals surface area contributed by atoms with Crippen LogP contribution in [0.1, 0.15) is 33.3 Å². The summed E-state index contributed by atoms with van der Waals surface area (Å²) in [5.74, 6) is 2.29. The zero-order valence-electron chi connectivity index (χ0n) is 16.9. The van der Waals surface area contributed by atoms with Crippen LogP contribution in [0.2, 0.25) is 0 Å². The first-order chi connectivity index (χ1) is 12.9. The van der Waals surface area contributed by atoms with Gasteiger partial charge in [0.05, 0.1) is 4.90 Å². The van der Waals surface area contributed by atoms with Crippen molar-refractivity contribution in [3.8, 4) is 12.3 Å². The predicted molar refractivity (Wildman–Crippen MR) is 113 cm³/mol. The molecule has 2 rings (SSSR count).